The molecule has 1 aromatic rings. The molecule has 0 aromatic heterocycles. The number of hydrogen-bond donors (Lipinski definition) is 1. The molecule has 1 aromatic carbocycles. The molecule has 0 bridgehead atoms. The summed E-state index contributed by atoms with van der Waals surface area (Å²) in [5.74, 6) is 1.53. The van der Waals surface area contributed by atoms with Crippen LogP contribution < -0.4 is 10.5 Å². The zero-order chi connectivity index (χ0) is 13.9. The van der Waals surface area contributed by atoms with Crippen LogP contribution in [0.15, 0.2) is 18.2 Å². The average molecular weight is 282 g/mol. The van der Waals surface area contributed by atoms with Crippen molar-refractivity contribution >= 4 is 11.6 Å². The van der Waals surface area contributed by atoms with Crippen LogP contribution in [0.5, 0.6) is 5.75 Å². The van der Waals surface area contributed by atoms with E-state index in [0.717, 1.165) is 10.8 Å². The van der Waals surface area contributed by atoms with E-state index in [0.29, 0.717) is 12.5 Å². The minimum atomic E-state index is -0.336. The number of ether oxygens (including phenoxy) is 1. The summed E-state index contributed by atoms with van der Waals surface area (Å²) in [6.07, 6.45) is 6.43. The lowest BCUT2D eigenvalue weighted by molar-refractivity contribution is 0.116. The van der Waals surface area contributed by atoms with E-state index in [1.54, 1.807) is 0 Å². The summed E-state index contributed by atoms with van der Waals surface area (Å²) in [5, 5.41) is 0.790. The quantitative estimate of drug-likeness (QED) is 0.882. The first-order valence-electron chi connectivity index (χ1n) is 7.20. The molecule has 0 aliphatic heterocycles. The molecule has 0 atom stereocenters. The Morgan fingerprint density at radius 2 is 1.95 bits per heavy atom. The highest BCUT2D eigenvalue weighted by molar-refractivity contribution is 6.30. The van der Waals surface area contributed by atoms with Crippen LogP contribution >= 0.6 is 11.6 Å². The van der Waals surface area contributed by atoms with E-state index in [2.05, 4.69) is 6.07 Å². The first kappa shape index (κ1) is 14.7. The van der Waals surface area contributed by atoms with Crippen molar-refractivity contribution in [2.24, 2.45) is 5.73 Å². The predicted octanol–water partition coefficient (Wildman–Crippen LogP) is 4.50. The average Bonchev–Trinajstić information content (AvgIpc) is 2.42. The smallest absolute Gasteiger partial charge is 0.123 e. The first-order valence-corrected chi connectivity index (χ1v) is 7.58. The molecule has 1 fully saturated rings. The molecule has 2 N–H and O–H groups in total. The predicted molar refractivity (Wildman–Crippen MR) is 81.0 cm³/mol. The van der Waals surface area contributed by atoms with Gasteiger partial charge >= 0.3 is 0 Å². The summed E-state index contributed by atoms with van der Waals surface area (Å²) < 4.78 is 6.11. The Morgan fingerprint density at radius 3 is 2.58 bits per heavy atom. The Morgan fingerprint density at radius 1 is 1.26 bits per heavy atom. The Bertz CT molecular complexity index is 425. The number of hydrogen-bond acceptors (Lipinski definition) is 2. The molecule has 0 saturated heterocycles. The molecule has 106 valence electrons. The van der Waals surface area contributed by atoms with Gasteiger partial charge in [0.25, 0.3) is 0 Å². The summed E-state index contributed by atoms with van der Waals surface area (Å²) >= 11 is 6.16. The molecule has 3 heteroatoms. The van der Waals surface area contributed by atoms with Gasteiger partial charge in [-0.25, -0.2) is 0 Å². The zero-order valence-corrected chi connectivity index (χ0v) is 12.7. The minimum absolute atomic E-state index is 0.336. The summed E-state index contributed by atoms with van der Waals surface area (Å²) in [5.41, 5.74) is 6.68. The van der Waals surface area contributed by atoms with Crippen LogP contribution in [0.3, 0.4) is 0 Å². The Hall–Kier alpha value is -0.730. The van der Waals surface area contributed by atoms with E-state index < -0.39 is 0 Å². The Balaban J connectivity index is 2.26. The van der Waals surface area contributed by atoms with Crippen LogP contribution in [-0.4, -0.2) is 12.1 Å². The summed E-state index contributed by atoms with van der Waals surface area (Å²) in [6, 6.07) is 5.96. The largest absolute Gasteiger partial charge is 0.486 e. The van der Waals surface area contributed by atoms with Gasteiger partial charge in [-0.15, -0.1) is 0 Å². The molecule has 1 aliphatic carbocycles. The van der Waals surface area contributed by atoms with Gasteiger partial charge in [-0.3, -0.25) is 0 Å². The highest BCUT2D eigenvalue weighted by Crippen LogP contribution is 2.39. The zero-order valence-electron chi connectivity index (χ0n) is 11.9. The third-order valence-electron chi connectivity index (χ3n) is 3.89. The van der Waals surface area contributed by atoms with E-state index in [1.165, 1.54) is 37.7 Å². The lowest BCUT2D eigenvalue weighted by Crippen LogP contribution is -2.37. The number of halogens is 1. The van der Waals surface area contributed by atoms with E-state index in [-0.39, 0.29) is 5.60 Å². The Labute approximate surface area is 121 Å². The first-order chi connectivity index (χ1) is 9.02. The maximum absolute atomic E-state index is 6.16. The summed E-state index contributed by atoms with van der Waals surface area (Å²) in [6.45, 7) is 4.54. The highest BCUT2D eigenvalue weighted by atomic mass is 35.5. The van der Waals surface area contributed by atoms with Crippen LogP contribution in [0.1, 0.15) is 57.4 Å². The van der Waals surface area contributed by atoms with Crippen molar-refractivity contribution < 1.29 is 4.74 Å². The molecule has 0 radical (unpaired) electrons. The van der Waals surface area contributed by atoms with Crippen LogP contribution in [0.25, 0.3) is 0 Å². The van der Waals surface area contributed by atoms with Gasteiger partial charge in [0.1, 0.15) is 11.4 Å². The fraction of sp³-hybridized carbons (Fsp3) is 0.625. The van der Waals surface area contributed by atoms with E-state index in [1.807, 2.05) is 26.0 Å². The topological polar surface area (TPSA) is 35.2 Å². The molecule has 2 rings (SSSR count). The maximum Gasteiger partial charge on any atom is 0.123 e. The molecule has 0 unspecified atom stereocenters. The molecule has 0 heterocycles. The lowest BCUT2D eigenvalue weighted by Gasteiger charge is -2.29. The van der Waals surface area contributed by atoms with Crippen molar-refractivity contribution in [1.82, 2.24) is 0 Å². The van der Waals surface area contributed by atoms with Gasteiger partial charge in [0.05, 0.1) is 0 Å². The van der Waals surface area contributed by atoms with Crippen molar-refractivity contribution in [2.45, 2.75) is 57.5 Å². The van der Waals surface area contributed by atoms with Gasteiger partial charge in [-0.1, -0.05) is 30.9 Å². The number of rotatable bonds is 4. The second-order valence-corrected chi connectivity index (χ2v) is 6.52. The van der Waals surface area contributed by atoms with Crippen molar-refractivity contribution in [2.75, 3.05) is 6.54 Å². The SMILES string of the molecule is CC(C)(CN)Oc1ccc(Cl)cc1C1CCCCC1. The highest BCUT2D eigenvalue weighted by Gasteiger charge is 2.24. The molecule has 1 aliphatic rings. The fourth-order valence-corrected chi connectivity index (χ4v) is 2.86. The van der Waals surface area contributed by atoms with E-state index in [4.69, 9.17) is 22.1 Å². The van der Waals surface area contributed by atoms with Crippen molar-refractivity contribution in [3.05, 3.63) is 28.8 Å². The molecule has 19 heavy (non-hydrogen) atoms. The third kappa shape index (κ3) is 3.87. The standard InChI is InChI=1S/C16H24ClNO/c1-16(2,11-18)19-15-9-8-13(17)10-14(15)12-6-4-3-5-7-12/h8-10,12H,3-7,11,18H2,1-2H3. The normalized spacial score (nSPS) is 17.5. The van der Waals surface area contributed by atoms with Crippen molar-refractivity contribution in [3.63, 3.8) is 0 Å². The second kappa shape index (κ2) is 6.15. The van der Waals surface area contributed by atoms with Crippen molar-refractivity contribution in [3.8, 4) is 5.75 Å². The van der Waals surface area contributed by atoms with Gasteiger partial charge in [0, 0.05) is 11.6 Å². The third-order valence-corrected chi connectivity index (χ3v) is 4.13. The van der Waals surface area contributed by atoms with Crippen molar-refractivity contribution in [1.29, 1.82) is 0 Å². The molecule has 1 saturated carbocycles. The van der Waals surface area contributed by atoms with Crippen LogP contribution in [0.4, 0.5) is 0 Å². The minimum Gasteiger partial charge on any atom is -0.486 e. The molecule has 0 amide bonds. The van der Waals surface area contributed by atoms with E-state index >= 15 is 0 Å². The maximum atomic E-state index is 6.16. The van der Waals surface area contributed by atoms with Gasteiger partial charge in [-0.2, -0.15) is 0 Å². The van der Waals surface area contributed by atoms with Crippen LogP contribution in [0, 0.1) is 0 Å². The number of nitrogens with two attached hydrogens (primary N) is 1. The van der Waals surface area contributed by atoms with Gasteiger partial charge in [0.15, 0.2) is 0 Å². The van der Waals surface area contributed by atoms with Crippen LogP contribution in [-0.2, 0) is 0 Å². The number of benzene rings is 1. The molecular weight excluding hydrogens is 258 g/mol. The fourth-order valence-electron chi connectivity index (χ4n) is 2.68. The molecular formula is C16H24ClNO. The lowest BCUT2D eigenvalue weighted by atomic mass is 9.83. The molecule has 0 spiro atoms. The van der Waals surface area contributed by atoms with E-state index in [9.17, 15) is 0 Å². The monoisotopic (exact) mass is 281 g/mol. The van der Waals surface area contributed by atoms with Gasteiger partial charge < -0.3 is 10.5 Å². The summed E-state index contributed by atoms with van der Waals surface area (Å²) in [7, 11) is 0. The molecule has 2 nitrogen and oxygen atoms in total. The van der Waals surface area contributed by atoms with Gasteiger partial charge in [0.2, 0.25) is 0 Å². The van der Waals surface area contributed by atoms with Gasteiger partial charge in [-0.05, 0) is 56.4 Å². The summed E-state index contributed by atoms with van der Waals surface area (Å²) in [4.78, 5) is 0. The Kier molecular flexibility index (Phi) is 4.75. The second-order valence-electron chi connectivity index (χ2n) is 6.08. The van der Waals surface area contributed by atoms with Crippen LogP contribution in [0.2, 0.25) is 5.02 Å².